The van der Waals surface area contributed by atoms with E-state index in [9.17, 15) is 15.0 Å². The average Bonchev–Trinajstić information content (AvgIpc) is 3.01. The van der Waals surface area contributed by atoms with Gasteiger partial charge in [0, 0.05) is 12.5 Å². The molecule has 5 N–H and O–H groups in total. The van der Waals surface area contributed by atoms with Crippen LogP contribution in [0.3, 0.4) is 0 Å². The SMILES string of the molecule is C[C@H](CCC(=O)O)[C@H]1CC[C@H]2[C@@H]3[C@H](O)C[C@@H]4C[C@H](N)CC[C@]4(C)[C@H]3C[C@H](O)[C@]12C. The van der Waals surface area contributed by atoms with Crippen LogP contribution in [0.1, 0.15) is 78.6 Å². The van der Waals surface area contributed by atoms with Gasteiger partial charge in [0.15, 0.2) is 0 Å². The van der Waals surface area contributed by atoms with Crippen LogP contribution in [0.5, 0.6) is 0 Å². The van der Waals surface area contributed by atoms with Gasteiger partial charge in [-0.25, -0.2) is 0 Å². The van der Waals surface area contributed by atoms with Crippen molar-refractivity contribution in [1.29, 1.82) is 0 Å². The Bertz CT molecular complexity index is 640. The Hall–Kier alpha value is -0.650. The Morgan fingerprint density at radius 2 is 1.83 bits per heavy atom. The fourth-order valence-electron chi connectivity index (χ4n) is 8.74. The van der Waals surface area contributed by atoms with Gasteiger partial charge in [-0.3, -0.25) is 4.79 Å². The van der Waals surface area contributed by atoms with E-state index in [4.69, 9.17) is 10.8 Å². The third kappa shape index (κ3) is 3.27. The molecule has 0 unspecified atom stereocenters. The van der Waals surface area contributed by atoms with Gasteiger partial charge in [-0.05, 0) is 97.7 Å². The van der Waals surface area contributed by atoms with Crippen LogP contribution in [0.15, 0.2) is 0 Å². The van der Waals surface area contributed by atoms with Crippen molar-refractivity contribution in [3.05, 3.63) is 0 Å². The highest BCUT2D eigenvalue weighted by molar-refractivity contribution is 5.66. The number of aliphatic carboxylic acids is 1. The molecule has 5 heteroatoms. The molecule has 4 aliphatic rings. The Labute approximate surface area is 175 Å². The first-order valence-corrected chi connectivity index (χ1v) is 11.9. The summed E-state index contributed by atoms with van der Waals surface area (Å²) in [6.45, 7) is 6.81. The predicted octanol–water partition coefficient (Wildman–Crippen LogP) is 3.42. The molecule has 0 radical (unpaired) electrons. The third-order valence-corrected chi connectivity index (χ3v) is 10.4. The molecule has 166 valence electrons. The minimum atomic E-state index is -0.738. The maximum Gasteiger partial charge on any atom is 0.303 e. The maximum absolute atomic E-state index is 11.5. The topological polar surface area (TPSA) is 104 Å². The standard InChI is InChI=1S/C24H41NO4/c1-13(4-7-21(28)29)16-5-6-17-22-18(12-20(27)24(16,17)3)23(2)9-8-15(25)10-14(23)11-19(22)26/h13-20,22,26-27H,4-12,25H2,1-3H3,(H,28,29)/t13-,14+,15-,16-,17+,18+,19-,20+,22+,23+,24-/m1/s1. The second kappa shape index (κ2) is 7.49. The molecule has 0 aliphatic heterocycles. The van der Waals surface area contributed by atoms with Crippen molar-refractivity contribution in [2.45, 2.75) is 96.8 Å². The number of nitrogens with two attached hydrogens (primary N) is 1. The van der Waals surface area contributed by atoms with Crippen molar-refractivity contribution in [1.82, 2.24) is 0 Å². The van der Waals surface area contributed by atoms with E-state index in [2.05, 4.69) is 20.8 Å². The Kier molecular flexibility index (Phi) is 5.57. The van der Waals surface area contributed by atoms with E-state index in [-0.39, 0.29) is 47.3 Å². The molecule has 4 rings (SSSR count). The van der Waals surface area contributed by atoms with Gasteiger partial charge in [-0.15, -0.1) is 0 Å². The molecule has 4 saturated carbocycles. The van der Waals surface area contributed by atoms with E-state index in [0.29, 0.717) is 30.1 Å². The molecule has 0 saturated heterocycles. The second-order valence-electron chi connectivity index (χ2n) is 11.5. The summed E-state index contributed by atoms with van der Waals surface area (Å²) in [7, 11) is 0. The smallest absolute Gasteiger partial charge is 0.303 e. The van der Waals surface area contributed by atoms with Crippen molar-refractivity contribution in [2.24, 2.45) is 52.1 Å². The molecule has 0 heterocycles. The zero-order chi connectivity index (χ0) is 21.1. The van der Waals surface area contributed by atoms with Crippen LogP contribution < -0.4 is 5.73 Å². The Morgan fingerprint density at radius 3 is 2.52 bits per heavy atom. The van der Waals surface area contributed by atoms with Crippen molar-refractivity contribution >= 4 is 5.97 Å². The normalized spacial score (nSPS) is 52.9. The van der Waals surface area contributed by atoms with Crippen molar-refractivity contribution in [2.75, 3.05) is 0 Å². The molecule has 0 bridgehead atoms. The van der Waals surface area contributed by atoms with Gasteiger partial charge in [-0.2, -0.15) is 0 Å². The number of aliphatic hydroxyl groups excluding tert-OH is 2. The van der Waals surface area contributed by atoms with Gasteiger partial charge < -0.3 is 21.1 Å². The van der Waals surface area contributed by atoms with Crippen molar-refractivity contribution in [3.8, 4) is 0 Å². The van der Waals surface area contributed by atoms with Crippen molar-refractivity contribution in [3.63, 3.8) is 0 Å². The molecule has 29 heavy (non-hydrogen) atoms. The molecular formula is C24H41NO4. The number of hydrogen-bond donors (Lipinski definition) is 4. The molecule has 4 aliphatic carbocycles. The van der Waals surface area contributed by atoms with Crippen LogP contribution in [0.4, 0.5) is 0 Å². The molecular weight excluding hydrogens is 366 g/mol. The Morgan fingerprint density at radius 1 is 1.10 bits per heavy atom. The first kappa shape index (κ1) is 21.6. The third-order valence-electron chi connectivity index (χ3n) is 10.4. The van der Waals surface area contributed by atoms with E-state index in [0.717, 1.165) is 44.9 Å². The fourth-order valence-corrected chi connectivity index (χ4v) is 8.74. The lowest BCUT2D eigenvalue weighted by atomic mass is 9.43. The average molecular weight is 408 g/mol. The number of fused-ring (bicyclic) bond motifs is 5. The highest BCUT2D eigenvalue weighted by Gasteiger charge is 2.65. The van der Waals surface area contributed by atoms with E-state index in [1.54, 1.807) is 0 Å². The first-order valence-electron chi connectivity index (χ1n) is 11.9. The largest absolute Gasteiger partial charge is 0.481 e. The van der Waals surface area contributed by atoms with Crippen LogP contribution in [0, 0.1) is 46.3 Å². The van der Waals surface area contributed by atoms with E-state index < -0.39 is 5.97 Å². The summed E-state index contributed by atoms with van der Waals surface area (Å²) in [5, 5.41) is 31.9. The minimum absolute atomic E-state index is 0.176. The summed E-state index contributed by atoms with van der Waals surface area (Å²) in [6.07, 6.45) is 7.09. The van der Waals surface area contributed by atoms with Crippen LogP contribution in [0.2, 0.25) is 0 Å². The molecule has 0 aromatic heterocycles. The zero-order valence-electron chi connectivity index (χ0n) is 18.4. The molecule has 11 atom stereocenters. The summed E-state index contributed by atoms with van der Waals surface area (Å²) in [6, 6.07) is 0.251. The summed E-state index contributed by atoms with van der Waals surface area (Å²) in [5.74, 6) is 1.30. The molecule has 0 aromatic rings. The maximum atomic E-state index is 11.5. The minimum Gasteiger partial charge on any atom is -0.481 e. The lowest BCUT2D eigenvalue weighted by Crippen LogP contribution is -2.62. The van der Waals surface area contributed by atoms with Crippen molar-refractivity contribution < 1.29 is 20.1 Å². The lowest BCUT2D eigenvalue weighted by molar-refractivity contribution is -0.202. The number of carboxylic acid groups (broad SMARTS) is 1. The van der Waals surface area contributed by atoms with E-state index >= 15 is 0 Å². The summed E-state index contributed by atoms with van der Waals surface area (Å²) >= 11 is 0. The number of rotatable bonds is 4. The van der Waals surface area contributed by atoms with Crippen LogP contribution >= 0.6 is 0 Å². The van der Waals surface area contributed by atoms with Crippen LogP contribution in [0.25, 0.3) is 0 Å². The fraction of sp³-hybridized carbons (Fsp3) is 0.958. The quantitative estimate of drug-likeness (QED) is 0.572. The summed E-state index contributed by atoms with van der Waals surface area (Å²) in [4.78, 5) is 11.1. The molecule has 0 aromatic carbocycles. The summed E-state index contributed by atoms with van der Waals surface area (Å²) in [5.41, 5.74) is 6.24. The highest BCUT2D eigenvalue weighted by Crippen LogP contribution is 2.68. The number of hydrogen-bond acceptors (Lipinski definition) is 4. The zero-order valence-corrected chi connectivity index (χ0v) is 18.4. The second-order valence-corrected chi connectivity index (χ2v) is 11.5. The van der Waals surface area contributed by atoms with Gasteiger partial charge >= 0.3 is 5.97 Å². The van der Waals surface area contributed by atoms with Gasteiger partial charge in [-0.1, -0.05) is 20.8 Å². The monoisotopic (exact) mass is 407 g/mol. The van der Waals surface area contributed by atoms with Crippen LogP contribution in [-0.2, 0) is 4.79 Å². The molecule has 0 spiro atoms. The van der Waals surface area contributed by atoms with Crippen LogP contribution in [-0.4, -0.2) is 39.5 Å². The first-order chi connectivity index (χ1) is 13.6. The van der Waals surface area contributed by atoms with E-state index in [1.807, 2.05) is 0 Å². The van der Waals surface area contributed by atoms with E-state index in [1.165, 1.54) is 0 Å². The number of carbonyl (C=O) groups is 1. The van der Waals surface area contributed by atoms with Gasteiger partial charge in [0.05, 0.1) is 12.2 Å². The Balaban J connectivity index is 1.61. The highest BCUT2D eigenvalue weighted by atomic mass is 16.4. The number of aliphatic hydroxyl groups is 2. The molecule has 5 nitrogen and oxygen atoms in total. The van der Waals surface area contributed by atoms with Gasteiger partial charge in [0.25, 0.3) is 0 Å². The summed E-state index contributed by atoms with van der Waals surface area (Å²) < 4.78 is 0. The molecule has 0 amide bonds. The predicted molar refractivity (Wildman–Crippen MR) is 112 cm³/mol. The lowest BCUT2D eigenvalue weighted by Gasteiger charge is -2.63. The molecule has 4 fully saturated rings. The van der Waals surface area contributed by atoms with Gasteiger partial charge in [0.1, 0.15) is 0 Å². The number of carboxylic acids is 1. The van der Waals surface area contributed by atoms with Gasteiger partial charge in [0.2, 0.25) is 0 Å².